The summed E-state index contributed by atoms with van der Waals surface area (Å²) < 4.78 is 0.404. The molecule has 0 N–H and O–H groups in total. The molecule has 1 aromatic rings. The highest BCUT2D eigenvalue weighted by molar-refractivity contribution is 9.10. The molecule has 0 aliphatic carbocycles. The topological polar surface area (TPSA) is 71.3 Å². The molecule has 0 amide bonds. The van der Waals surface area contributed by atoms with Crippen molar-refractivity contribution in [2.45, 2.75) is 6.92 Å². The van der Waals surface area contributed by atoms with E-state index in [1.807, 2.05) is 0 Å². The van der Waals surface area contributed by atoms with E-state index >= 15 is 0 Å². The van der Waals surface area contributed by atoms with E-state index in [2.05, 4.69) is 20.9 Å². The van der Waals surface area contributed by atoms with Gasteiger partial charge in [-0.3, -0.25) is 10.1 Å². The van der Waals surface area contributed by atoms with E-state index in [-0.39, 0.29) is 5.69 Å². The van der Waals surface area contributed by atoms with Gasteiger partial charge in [0.1, 0.15) is 4.47 Å². The van der Waals surface area contributed by atoms with E-state index < -0.39 is 4.92 Å². The highest BCUT2D eigenvalue weighted by Crippen LogP contribution is 2.33. The quantitative estimate of drug-likeness (QED) is 0.432. The number of rotatable bonds is 1. The molecule has 5 nitrogen and oxygen atoms in total. The maximum Gasteiger partial charge on any atom is 0.402 e. The number of non-ortho nitro benzene ring substituents is 1. The van der Waals surface area contributed by atoms with Crippen molar-refractivity contribution in [3.63, 3.8) is 0 Å². The van der Waals surface area contributed by atoms with E-state index in [1.165, 1.54) is 12.1 Å². The Kier molecular flexibility index (Phi) is 2.58. The average molecular weight is 243 g/mol. The molecule has 0 bridgehead atoms. The minimum absolute atomic E-state index is 0.0308. The summed E-state index contributed by atoms with van der Waals surface area (Å²) in [5.74, 6) is 0. The van der Waals surface area contributed by atoms with Gasteiger partial charge in [-0.15, -0.1) is 0 Å². The molecule has 0 unspecified atom stereocenters. The number of nitro benzene ring substituents is 1. The first kappa shape index (κ1) is 9.61. The molecule has 66 valence electrons. The lowest BCUT2D eigenvalue weighted by atomic mass is 10.2. The van der Waals surface area contributed by atoms with Crippen LogP contribution in [0.25, 0.3) is 4.98 Å². The van der Waals surface area contributed by atoms with Crippen LogP contribution in [0.3, 0.4) is 0 Å². The van der Waals surface area contributed by atoms with Gasteiger partial charge < -0.3 is 0 Å². The monoisotopic (exact) mass is 242 g/mol. The number of benzene rings is 1. The molecule has 0 atom stereocenters. The third-order valence-corrected chi connectivity index (χ3v) is 2.15. The van der Waals surface area contributed by atoms with Gasteiger partial charge in [-0.2, -0.15) is 0 Å². The van der Waals surface area contributed by atoms with Crippen LogP contribution in [0.2, 0.25) is 0 Å². The van der Waals surface area contributed by atoms with Crippen LogP contribution in [0.1, 0.15) is 5.56 Å². The van der Waals surface area contributed by atoms with Gasteiger partial charge in [0.15, 0.2) is 4.98 Å². The summed E-state index contributed by atoms with van der Waals surface area (Å²) in [7, 11) is 0. The Morgan fingerprint density at radius 1 is 1.62 bits per heavy atom. The molecule has 0 saturated heterocycles. The van der Waals surface area contributed by atoms with E-state index in [0.29, 0.717) is 15.7 Å². The minimum atomic E-state index is -0.501. The molecular weight excluding hydrogens is 238 g/mol. The zero-order valence-corrected chi connectivity index (χ0v) is 8.28. The van der Waals surface area contributed by atoms with Gasteiger partial charge >= 0.3 is 5.69 Å². The first-order valence-electron chi connectivity index (χ1n) is 3.36. The first-order chi connectivity index (χ1) is 6.06. The minimum Gasteiger partial charge on any atom is -0.258 e. The number of hydrogen-bond acceptors (Lipinski definition) is 3. The van der Waals surface area contributed by atoms with E-state index in [1.54, 1.807) is 6.92 Å². The van der Waals surface area contributed by atoms with Crippen LogP contribution in [0.4, 0.5) is 11.4 Å². The SMILES string of the molecule is Cc1cc([N+](=O)[O-])cc(Br)c1[N+]#N. The summed E-state index contributed by atoms with van der Waals surface area (Å²) >= 11 is 3.07. The summed E-state index contributed by atoms with van der Waals surface area (Å²) in [6.45, 7) is 1.63. The summed E-state index contributed by atoms with van der Waals surface area (Å²) in [5.41, 5.74) is 0.825. The molecule has 0 heterocycles. The Labute approximate surface area is 82.3 Å². The lowest BCUT2D eigenvalue weighted by molar-refractivity contribution is -0.385. The van der Waals surface area contributed by atoms with Gasteiger partial charge in [0.05, 0.1) is 10.5 Å². The van der Waals surface area contributed by atoms with Gasteiger partial charge in [-0.05, 0) is 22.9 Å². The fraction of sp³-hybridized carbons (Fsp3) is 0.143. The number of aryl methyl sites for hydroxylation is 1. The Bertz CT molecular complexity index is 388. The molecule has 0 fully saturated rings. The fourth-order valence-corrected chi connectivity index (χ4v) is 1.58. The van der Waals surface area contributed by atoms with E-state index in [4.69, 9.17) is 5.39 Å². The lowest BCUT2D eigenvalue weighted by Gasteiger charge is -1.92. The third kappa shape index (κ3) is 1.81. The molecule has 1 rings (SSSR count). The molecule has 6 heteroatoms. The highest BCUT2D eigenvalue weighted by Gasteiger charge is 2.20. The molecule has 0 aromatic heterocycles. The number of nitrogens with zero attached hydrogens (tertiary/aromatic N) is 3. The first-order valence-corrected chi connectivity index (χ1v) is 4.15. The molecule has 1 aromatic carbocycles. The smallest absolute Gasteiger partial charge is 0.258 e. The maximum absolute atomic E-state index is 10.4. The Morgan fingerprint density at radius 3 is 2.62 bits per heavy atom. The highest BCUT2D eigenvalue weighted by atomic mass is 79.9. The van der Waals surface area contributed by atoms with E-state index in [0.717, 1.165) is 0 Å². The van der Waals surface area contributed by atoms with Crippen LogP contribution in [-0.2, 0) is 0 Å². The predicted octanol–water partition coefficient (Wildman–Crippen LogP) is 3.15. The summed E-state index contributed by atoms with van der Waals surface area (Å²) in [6, 6.07) is 2.64. The lowest BCUT2D eigenvalue weighted by Crippen LogP contribution is -1.88. The molecule has 13 heavy (non-hydrogen) atoms. The molecule has 0 spiro atoms. The molecule has 0 aliphatic rings. The normalized spacial score (nSPS) is 9.31. The largest absolute Gasteiger partial charge is 0.402 e. The van der Waals surface area contributed by atoms with Crippen molar-refractivity contribution in [2.75, 3.05) is 0 Å². The van der Waals surface area contributed by atoms with Gasteiger partial charge in [-0.25, -0.2) is 0 Å². The second kappa shape index (κ2) is 3.49. The Hall–Kier alpha value is -1.48. The van der Waals surface area contributed by atoms with Crippen molar-refractivity contribution in [3.05, 3.63) is 37.3 Å². The fourth-order valence-electron chi connectivity index (χ4n) is 0.950. The molecular formula is C7H5BrN3O2+. The Morgan fingerprint density at radius 2 is 2.23 bits per heavy atom. The molecule has 0 saturated carbocycles. The van der Waals surface area contributed by atoms with Crippen molar-refractivity contribution >= 4 is 27.3 Å². The number of diazo groups is 1. The summed E-state index contributed by atoms with van der Waals surface area (Å²) in [4.78, 5) is 12.9. The molecule has 0 radical (unpaired) electrons. The zero-order valence-electron chi connectivity index (χ0n) is 6.69. The van der Waals surface area contributed by atoms with E-state index in [9.17, 15) is 10.1 Å². The standard InChI is InChI=1S/C7H5BrN3O2/c1-4-2-5(11(12)13)3-6(8)7(4)10-9/h2-3H,1H3/q+1. The zero-order chi connectivity index (χ0) is 10.0. The second-order valence-corrected chi connectivity index (χ2v) is 3.30. The van der Waals surface area contributed by atoms with Crippen molar-refractivity contribution < 1.29 is 4.92 Å². The van der Waals surface area contributed by atoms with Crippen LogP contribution >= 0.6 is 15.9 Å². The van der Waals surface area contributed by atoms with Gasteiger partial charge in [0.2, 0.25) is 5.39 Å². The number of hydrogen-bond donors (Lipinski definition) is 0. The Balaban J connectivity index is 3.39. The van der Waals surface area contributed by atoms with Crippen LogP contribution in [0.5, 0.6) is 0 Å². The second-order valence-electron chi connectivity index (χ2n) is 2.45. The summed E-state index contributed by atoms with van der Waals surface area (Å²) in [5, 5.41) is 19.0. The van der Waals surface area contributed by atoms with Crippen molar-refractivity contribution in [2.24, 2.45) is 0 Å². The number of nitro groups is 1. The average Bonchev–Trinajstić information content (AvgIpc) is 2.03. The molecule has 0 aliphatic heterocycles. The third-order valence-electron chi connectivity index (χ3n) is 1.55. The van der Waals surface area contributed by atoms with Crippen molar-refractivity contribution in [3.8, 4) is 0 Å². The van der Waals surface area contributed by atoms with Gasteiger partial charge in [0, 0.05) is 12.1 Å². The maximum atomic E-state index is 10.4. The van der Waals surface area contributed by atoms with Crippen LogP contribution in [0.15, 0.2) is 16.6 Å². The summed E-state index contributed by atoms with van der Waals surface area (Å²) in [6.07, 6.45) is 0. The van der Waals surface area contributed by atoms with Crippen molar-refractivity contribution in [1.82, 2.24) is 0 Å². The van der Waals surface area contributed by atoms with Gasteiger partial charge in [0.25, 0.3) is 5.69 Å². The van der Waals surface area contributed by atoms with Crippen LogP contribution < -0.4 is 0 Å². The number of halogens is 1. The van der Waals surface area contributed by atoms with Crippen molar-refractivity contribution in [1.29, 1.82) is 5.39 Å². The predicted molar refractivity (Wildman–Crippen MR) is 50.3 cm³/mol. The van der Waals surface area contributed by atoms with Gasteiger partial charge in [-0.1, -0.05) is 0 Å². The van der Waals surface area contributed by atoms with Crippen LogP contribution in [0, 0.1) is 22.4 Å². The van der Waals surface area contributed by atoms with Crippen LogP contribution in [-0.4, -0.2) is 4.92 Å².